The number of amides is 1. The van der Waals surface area contributed by atoms with Crippen LogP contribution in [0.1, 0.15) is 30.6 Å². The van der Waals surface area contributed by atoms with Crippen molar-refractivity contribution >= 4 is 11.6 Å². The third kappa shape index (κ3) is 4.58. The molecule has 1 amide bonds. The molecule has 2 aromatic rings. The highest BCUT2D eigenvalue weighted by Gasteiger charge is 2.11. The minimum Gasteiger partial charge on any atom is -0.494 e. The summed E-state index contributed by atoms with van der Waals surface area (Å²) in [5.41, 5.74) is 0.601. The molecule has 4 heteroatoms. The Hall–Kier alpha value is -2.36. The fourth-order valence-electron chi connectivity index (χ4n) is 1.92. The molecule has 0 radical (unpaired) electrons. The lowest BCUT2D eigenvalue weighted by atomic mass is 10.1. The zero-order valence-corrected chi connectivity index (χ0v) is 12.8. The second-order valence-electron chi connectivity index (χ2n) is 5.49. The van der Waals surface area contributed by atoms with Crippen molar-refractivity contribution in [3.05, 3.63) is 59.9 Å². The van der Waals surface area contributed by atoms with Crippen molar-refractivity contribution in [1.29, 1.82) is 0 Å². The van der Waals surface area contributed by atoms with E-state index < -0.39 is 11.7 Å². The van der Waals surface area contributed by atoms with E-state index in [-0.39, 0.29) is 5.56 Å². The molecule has 0 unspecified atom stereocenters. The van der Waals surface area contributed by atoms with Crippen molar-refractivity contribution in [2.24, 2.45) is 5.92 Å². The summed E-state index contributed by atoms with van der Waals surface area (Å²) in [6.07, 6.45) is 0.964. The first-order chi connectivity index (χ1) is 10.6. The van der Waals surface area contributed by atoms with Crippen molar-refractivity contribution < 1.29 is 13.9 Å². The summed E-state index contributed by atoms with van der Waals surface area (Å²) in [5, 5.41) is 2.68. The van der Waals surface area contributed by atoms with Crippen LogP contribution in [0.2, 0.25) is 0 Å². The fourth-order valence-corrected chi connectivity index (χ4v) is 1.92. The van der Waals surface area contributed by atoms with Gasteiger partial charge in [0.2, 0.25) is 0 Å². The zero-order valence-electron chi connectivity index (χ0n) is 12.8. The SMILES string of the molecule is CC(C)CCOc1cccc(NC(=O)c2ccccc2F)c1. The molecule has 2 rings (SSSR count). The molecule has 0 atom stereocenters. The molecule has 22 heavy (non-hydrogen) atoms. The van der Waals surface area contributed by atoms with Crippen LogP contribution in [-0.2, 0) is 0 Å². The molecule has 0 spiro atoms. The van der Waals surface area contributed by atoms with Gasteiger partial charge in [0.15, 0.2) is 0 Å². The van der Waals surface area contributed by atoms with Crippen LogP contribution >= 0.6 is 0 Å². The van der Waals surface area contributed by atoms with Crippen molar-refractivity contribution in [2.45, 2.75) is 20.3 Å². The van der Waals surface area contributed by atoms with Crippen LogP contribution in [0.15, 0.2) is 48.5 Å². The standard InChI is InChI=1S/C18H20FNO2/c1-13(2)10-11-22-15-7-5-6-14(12-15)20-18(21)16-8-3-4-9-17(16)19/h3-9,12-13H,10-11H2,1-2H3,(H,20,21). The number of carbonyl (C=O) groups is 1. The maximum Gasteiger partial charge on any atom is 0.258 e. The van der Waals surface area contributed by atoms with Crippen LogP contribution in [0, 0.1) is 11.7 Å². The molecule has 0 saturated heterocycles. The molecular formula is C18H20FNO2. The Labute approximate surface area is 130 Å². The lowest BCUT2D eigenvalue weighted by Crippen LogP contribution is -2.13. The van der Waals surface area contributed by atoms with Crippen molar-refractivity contribution in [2.75, 3.05) is 11.9 Å². The topological polar surface area (TPSA) is 38.3 Å². The Morgan fingerprint density at radius 1 is 1.18 bits per heavy atom. The summed E-state index contributed by atoms with van der Waals surface area (Å²) >= 11 is 0. The normalized spacial score (nSPS) is 10.5. The Bertz CT molecular complexity index is 640. The van der Waals surface area contributed by atoms with Gasteiger partial charge in [0.05, 0.1) is 12.2 Å². The maximum absolute atomic E-state index is 13.6. The van der Waals surface area contributed by atoms with Gasteiger partial charge in [0, 0.05) is 11.8 Å². The Balaban J connectivity index is 2.01. The highest BCUT2D eigenvalue weighted by Crippen LogP contribution is 2.19. The van der Waals surface area contributed by atoms with Crippen LogP contribution in [0.3, 0.4) is 0 Å². The first-order valence-electron chi connectivity index (χ1n) is 7.35. The van der Waals surface area contributed by atoms with E-state index in [1.165, 1.54) is 12.1 Å². The highest BCUT2D eigenvalue weighted by atomic mass is 19.1. The van der Waals surface area contributed by atoms with Gasteiger partial charge in [0.25, 0.3) is 5.91 Å². The number of hydrogen-bond acceptors (Lipinski definition) is 2. The van der Waals surface area contributed by atoms with Gasteiger partial charge in [-0.15, -0.1) is 0 Å². The maximum atomic E-state index is 13.6. The molecule has 0 saturated carbocycles. The van der Waals surface area contributed by atoms with Crippen LogP contribution in [0.25, 0.3) is 0 Å². The van der Waals surface area contributed by atoms with Gasteiger partial charge < -0.3 is 10.1 Å². The average Bonchev–Trinajstić information content (AvgIpc) is 2.47. The van der Waals surface area contributed by atoms with E-state index in [0.717, 1.165) is 6.42 Å². The lowest BCUT2D eigenvalue weighted by molar-refractivity contribution is 0.102. The molecule has 0 bridgehead atoms. The van der Waals surface area contributed by atoms with Crippen molar-refractivity contribution in [1.82, 2.24) is 0 Å². The Morgan fingerprint density at radius 3 is 2.68 bits per heavy atom. The molecule has 116 valence electrons. The monoisotopic (exact) mass is 301 g/mol. The average molecular weight is 301 g/mol. The molecule has 0 aromatic heterocycles. The van der Waals surface area contributed by atoms with Gasteiger partial charge >= 0.3 is 0 Å². The molecule has 0 aliphatic rings. The van der Waals surface area contributed by atoms with Gasteiger partial charge in [-0.1, -0.05) is 32.0 Å². The number of nitrogens with one attached hydrogen (secondary N) is 1. The van der Waals surface area contributed by atoms with E-state index in [9.17, 15) is 9.18 Å². The smallest absolute Gasteiger partial charge is 0.258 e. The summed E-state index contributed by atoms with van der Waals surface area (Å²) in [5.74, 6) is 0.248. The minimum atomic E-state index is -0.538. The highest BCUT2D eigenvalue weighted by molar-refractivity contribution is 6.04. The second kappa shape index (κ2) is 7.59. The van der Waals surface area contributed by atoms with Gasteiger partial charge in [-0.3, -0.25) is 4.79 Å². The predicted molar refractivity (Wildman–Crippen MR) is 85.7 cm³/mol. The van der Waals surface area contributed by atoms with E-state index in [1.54, 1.807) is 30.3 Å². The van der Waals surface area contributed by atoms with E-state index in [1.807, 2.05) is 6.07 Å². The summed E-state index contributed by atoms with van der Waals surface area (Å²) in [4.78, 5) is 12.1. The summed E-state index contributed by atoms with van der Waals surface area (Å²) < 4.78 is 19.2. The number of anilines is 1. The van der Waals surface area contributed by atoms with Crippen molar-refractivity contribution in [3.63, 3.8) is 0 Å². The van der Waals surface area contributed by atoms with Crippen LogP contribution in [0.5, 0.6) is 5.75 Å². The number of hydrogen-bond donors (Lipinski definition) is 1. The number of ether oxygens (including phenoxy) is 1. The minimum absolute atomic E-state index is 0.0219. The molecule has 3 nitrogen and oxygen atoms in total. The zero-order chi connectivity index (χ0) is 15.9. The number of benzene rings is 2. The third-order valence-electron chi connectivity index (χ3n) is 3.17. The summed E-state index contributed by atoms with van der Waals surface area (Å²) in [7, 11) is 0. The van der Waals surface area contributed by atoms with Crippen LogP contribution < -0.4 is 10.1 Å². The summed E-state index contributed by atoms with van der Waals surface area (Å²) in [6, 6.07) is 13.0. The molecule has 2 aromatic carbocycles. The third-order valence-corrected chi connectivity index (χ3v) is 3.17. The largest absolute Gasteiger partial charge is 0.494 e. The number of rotatable bonds is 6. The van der Waals surface area contributed by atoms with E-state index in [4.69, 9.17) is 4.74 Å². The van der Waals surface area contributed by atoms with E-state index in [0.29, 0.717) is 24.0 Å². The molecule has 1 N–H and O–H groups in total. The fraction of sp³-hybridized carbons (Fsp3) is 0.278. The molecule has 0 fully saturated rings. The first-order valence-corrected chi connectivity index (χ1v) is 7.35. The summed E-state index contributed by atoms with van der Waals surface area (Å²) in [6.45, 7) is 4.89. The quantitative estimate of drug-likeness (QED) is 0.853. The molecular weight excluding hydrogens is 281 g/mol. The van der Waals surface area contributed by atoms with Gasteiger partial charge in [0.1, 0.15) is 11.6 Å². The van der Waals surface area contributed by atoms with E-state index >= 15 is 0 Å². The second-order valence-corrected chi connectivity index (χ2v) is 5.49. The van der Waals surface area contributed by atoms with Gasteiger partial charge in [-0.2, -0.15) is 0 Å². The predicted octanol–water partition coefficient (Wildman–Crippen LogP) is 4.50. The molecule has 0 aliphatic carbocycles. The van der Waals surface area contributed by atoms with Crippen LogP contribution in [0.4, 0.5) is 10.1 Å². The van der Waals surface area contributed by atoms with Crippen LogP contribution in [-0.4, -0.2) is 12.5 Å². The number of halogens is 1. The van der Waals surface area contributed by atoms with Gasteiger partial charge in [-0.25, -0.2) is 4.39 Å². The Morgan fingerprint density at radius 2 is 1.95 bits per heavy atom. The van der Waals surface area contributed by atoms with E-state index in [2.05, 4.69) is 19.2 Å². The first kappa shape index (κ1) is 16.0. The molecule has 0 heterocycles. The van der Waals surface area contributed by atoms with Crippen molar-refractivity contribution in [3.8, 4) is 5.75 Å². The molecule has 0 aliphatic heterocycles. The lowest BCUT2D eigenvalue weighted by Gasteiger charge is -2.10. The Kier molecular flexibility index (Phi) is 5.53. The van der Waals surface area contributed by atoms with Gasteiger partial charge in [-0.05, 0) is 36.6 Å². The number of carbonyl (C=O) groups excluding carboxylic acids is 1.